The minimum atomic E-state index is -3.98. The smallest absolute Gasteiger partial charge is 0.253 e. The molecule has 1 aromatic heterocycles. The molecule has 1 aliphatic rings. The van der Waals surface area contributed by atoms with Crippen molar-refractivity contribution in [2.45, 2.75) is 23.2 Å². The van der Waals surface area contributed by atoms with Crippen molar-refractivity contribution in [1.29, 1.82) is 0 Å². The highest BCUT2D eigenvalue weighted by Gasteiger charge is 2.47. The summed E-state index contributed by atoms with van der Waals surface area (Å²) in [4.78, 5) is 27.1. The zero-order valence-corrected chi connectivity index (χ0v) is 18.3. The van der Waals surface area contributed by atoms with Crippen LogP contribution in [0.15, 0.2) is 76.3 Å². The van der Waals surface area contributed by atoms with Gasteiger partial charge in [0, 0.05) is 6.54 Å². The van der Waals surface area contributed by atoms with E-state index < -0.39 is 27.9 Å². The summed E-state index contributed by atoms with van der Waals surface area (Å²) in [6.07, 6.45) is -0.220. The van der Waals surface area contributed by atoms with Crippen molar-refractivity contribution in [3.05, 3.63) is 77.7 Å². The Morgan fingerprint density at radius 1 is 1.03 bits per heavy atom. The molecule has 0 N–H and O–H groups in total. The molecule has 0 spiro atoms. The number of benzene rings is 2. The third-order valence-electron chi connectivity index (χ3n) is 5.04. The molecule has 2 heterocycles. The number of imide groups is 1. The van der Waals surface area contributed by atoms with Crippen molar-refractivity contribution in [2.75, 3.05) is 12.0 Å². The van der Waals surface area contributed by atoms with Crippen LogP contribution in [-0.2, 0) is 26.2 Å². The molecule has 0 bridgehead atoms. The topological polar surface area (TPSA) is 84.0 Å². The molecule has 1 unspecified atom stereocenters. The highest BCUT2D eigenvalue weighted by molar-refractivity contribution is 7.91. The summed E-state index contributed by atoms with van der Waals surface area (Å²) < 4.78 is 33.2. The van der Waals surface area contributed by atoms with Crippen LogP contribution in [-0.4, -0.2) is 37.7 Å². The van der Waals surface area contributed by atoms with E-state index in [9.17, 15) is 18.0 Å². The Balaban J connectivity index is 1.71. The summed E-state index contributed by atoms with van der Waals surface area (Å²) in [7, 11) is -2.46. The molecule has 1 fully saturated rings. The summed E-state index contributed by atoms with van der Waals surface area (Å²) in [5, 5.41) is 1.67. The van der Waals surface area contributed by atoms with E-state index in [1.807, 2.05) is 6.07 Å². The van der Waals surface area contributed by atoms with Crippen LogP contribution in [0.1, 0.15) is 12.0 Å². The van der Waals surface area contributed by atoms with Crippen LogP contribution in [0, 0.1) is 0 Å². The van der Waals surface area contributed by atoms with Gasteiger partial charge in [0.25, 0.3) is 15.9 Å². The van der Waals surface area contributed by atoms with Gasteiger partial charge in [-0.1, -0.05) is 36.4 Å². The maximum absolute atomic E-state index is 13.4. The van der Waals surface area contributed by atoms with Gasteiger partial charge in [-0.25, -0.2) is 13.3 Å². The van der Waals surface area contributed by atoms with Crippen molar-refractivity contribution >= 4 is 38.9 Å². The Hall–Kier alpha value is -3.01. The van der Waals surface area contributed by atoms with E-state index >= 15 is 0 Å². The van der Waals surface area contributed by atoms with Crippen LogP contribution in [0.4, 0.5) is 5.69 Å². The third kappa shape index (κ3) is 4.12. The van der Waals surface area contributed by atoms with Gasteiger partial charge < -0.3 is 4.74 Å². The molecular weight excluding hydrogens is 436 g/mol. The highest BCUT2D eigenvalue weighted by atomic mass is 32.2. The van der Waals surface area contributed by atoms with Gasteiger partial charge in [0.2, 0.25) is 5.91 Å². The first-order chi connectivity index (χ1) is 14.9. The summed E-state index contributed by atoms with van der Waals surface area (Å²) in [6, 6.07) is 17.5. The number of carbonyl (C=O) groups excluding carboxylic acids is 2. The first-order valence-corrected chi connectivity index (χ1v) is 11.8. The molecule has 0 saturated carbocycles. The normalized spacial score (nSPS) is 16.8. The Morgan fingerprint density at radius 3 is 2.35 bits per heavy atom. The molecular formula is C22H20N2O5S2. The molecule has 1 aliphatic heterocycles. The fourth-order valence-electron chi connectivity index (χ4n) is 3.50. The van der Waals surface area contributed by atoms with Gasteiger partial charge in [-0.15, -0.1) is 11.3 Å². The van der Waals surface area contributed by atoms with E-state index in [1.54, 1.807) is 60.0 Å². The molecule has 0 radical (unpaired) electrons. The Bertz CT molecular complexity index is 1180. The molecule has 31 heavy (non-hydrogen) atoms. The van der Waals surface area contributed by atoms with E-state index in [0.29, 0.717) is 11.4 Å². The summed E-state index contributed by atoms with van der Waals surface area (Å²) in [6.45, 7) is -0.0127. The zero-order chi connectivity index (χ0) is 22.0. The van der Waals surface area contributed by atoms with Gasteiger partial charge in [0.05, 0.1) is 19.2 Å². The number of thiophene rings is 1. The van der Waals surface area contributed by atoms with Gasteiger partial charge in [-0.05, 0) is 41.3 Å². The molecule has 9 heteroatoms. The second-order valence-corrected chi connectivity index (χ2v) is 10.0. The van der Waals surface area contributed by atoms with E-state index in [1.165, 1.54) is 13.2 Å². The van der Waals surface area contributed by atoms with Gasteiger partial charge >= 0.3 is 0 Å². The highest BCUT2D eigenvalue weighted by Crippen LogP contribution is 2.32. The second kappa shape index (κ2) is 8.62. The van der Waals surface area contributed by atoms with Crippen LogP contribution in [0.3, 0.4) is 0 Å². The van der Waals surface area contributed by atoms with Crippen LogP contribution in [0.2, 0.25) is 0 Å². The van der Waals surface area contributed by atoms with Gasteiger partial charge in [0.15, 0.2) is 0 Å². The molecule has 1 atom stereocenters. The lowest BCUT2D eigenvalue weighted by Gasteiger charge is -2.26. The van der Waals surface area contributed by atoms with Crippen LogP contribution in [0.25, 0.3) is 0 Å². The number of hydrogen-bond acceptors (Lipinski definition) is 6. The number of rotatable bonds is 7. The number of ether oxygens (including phenoxy) is 1. The standard InChI is InChI=1S/C22H20N2O5S2/c1-29-18-11-9-17(10-12-18)24-20(25)14-19(22(24)26)23(15-16-6-3-2-4-7-16)31(27,28)21-8-5-13-30-21/h2-13,19H,14-15H2,1H3. The SMILES string of the molecule is COc1ccc(N2C(=O)CC(N(Cc3ccccc3)S(=O)(=O)c3cccs3)C2=O)cc1. The Labute approximate surface area is 184 Å². The molecule has 160 valence electrons. The number of sulfonamides is 1. The lowest BCUT2D eigenvalue weighted by molar-refractivity contribution is -0.122. The van der Waals surface area contributed by atoms with Crippen molar-refractivity contribution in [2.24, 2.45) is 0 Å². The number of methoxy groups -OCH3 is 1. The molecule has 1 saturated heterocycles. The fraction of sp³-hybridized carbons (Fsp3) is 0.182. The van der Waals surface area contributed by atoms with Crippen molar-refractivity contribution in [1.82, 2.24) is 4.31 Å². The molecule has 2 aromatic carbocycles. The van der Waals surface area contributed by atoms with Crippen molar-refractivity contribution in [3.8, 4) is 5.75 Å². The average molecular weight is 457 g/mol. The lowest BCUT2D eigenvalue weighted by Crippen LogP contribution is -2.44. The first kappa shape index (κ1) is 21.2. The van der Waals surface area contributed by atoms with Gasteiger partial charge in [0.1, 0.15) is 16.0 Å². The number of nitrogens with zero attached hydrogens (tertiary/aromatic N) is 2. The van der Waals surface area contributed by atoms with Gasteiger partial charge in [-0.3, -0.25) is 9.59 Å². The predicted molar refractivity (Wildman–Crippen MR) is 117 cm³/mol. The van der Waals surface area contributed by atoms with E-state index in [2.05, 4.69) is 0 Å². The number of carbonyl (C=O) groups is 2. The molecule has 4 rings (SSSR count). The first-order valence-electron chi connectivity index (χ1n) is 9.52. The lowest BCUT2D eigenvalue weighted by atomic mass is 10.2. The second-order valence-electron chi connectivity index (χ2n) is 6.95. The molecule has 3 aromatic rings. The maximum atomic E-state index is 13.4. The Kier molecular flexibility index (Phi) is 5.90. The number of anilines is 1. The monoisotopic (exact) mass is 456 g/mol. The van der Waals surface area contributed by atoms with E-state index in [0.717, 1.165) is 26.1 Å². The summed E-state index contributed by atoms with van der Waals surface area (Å²) in [5.41, 5.74) is 1.11. The number of hydrogen-bond donors (Lipinski definition) is 0. The average Bonchev–Trinajstić information content (AvgIpc) is 3.42. The van der Waals surface area contributed by atoms with Crippen LogP contribution >= 0.6 is 11.3 Å². The fourth-order valence-corrected chi connectivity index (χ4v) is 6.18. The number of amides is 2. The minimum Gasteiger partial charge on any atom is -0.497 e. The molecule has 0 aliphatic carbocycles. The van der Waals surface area contributed by atoms with Crippen molar-refractivity contribution in [3.63, 3.8) is 0 Å². The van der Waals surface area contributed by atoms with E-state index in [-0.39, 0.29) is 17.2 Å². The summed E-state index contributed by atoms with van der Waals surface area (Å²) in [5.74, 6) is -0.420. The largest absolute Gasteiger partial charge is 0.497 e. The summed E-state index contributed by atoms with van der Waals surface area (Å²) >= 11 is 1.08. The predicted octanol–water partition coefficient (Wildman–Crippen LogP) is 3.28. The third-order valence-corrected chi connectivity index (χ3v) is 8.27. The van der Waals surface area contributed by atoms with Crippen molar-refractivity contribution < 1.29 is 22.7 Å². The zero-order valence-electron chi connectivity index (χ0n) is 16.7. The van der Waals surface area contributed by atoms with Crippen LogP contribution < -0.4 is 9.64 Å². The minimum absolute atomic E-state index is 0.0127. The maximum Gasteiger partial charge on any atom is 0.253 e. The quantitative estimate of drug-likeness (QED) is 0.510. The van der Waals surface area contributed by atoms with Gasteiger partial charge in [-0.2, -0.15) is 4.31 Å². The molecule has 7 nitrogen and oxygen atoms in total. The van der Waals surface area contributed by atoms with E-state index in [4.69, 9.17) is 4.74 Å². The Morgan fingerprint density at radius 2 is 1.74 bits per heavy atom. The molecule has 2 amide bonds. The van der Waals surface area contributed by atoms with Crippen LogP contribution in [0.5, 0.6) is 5.75 Å².